The molecule has 0 saturated heterocycles. The van der Waals surface area contributed by atoms with Crippen molar-refractivity contribution in [3.05, 3.63) is 17.0 Å². The van der Waals surface area contributed by atoms with Crippen molar-refractivity contribution in [1.29, 1.82) is 0 Å². The largest absolute Gasteiger partial charge is 0.396 e. The van der Waals surface area contributed by atoms with E-state index in [0.29, 0.717) is 6.42 Å². The number of nitrogens with zero attached hydrogens (tertiary/aromatic N) is 1. The third-order valence-electron chi connectivity index (χ3n) is 4.43. The van der Waals surface area contributed by atoms with Gasteiger partial charge in [-0.1, -0.05) is 31.8 Å². The van der Waals surface area contributed by atoms with Gasteiger partial charge < -0.3 is 14.9 Å². The minimum absolute atomic E-state index is 0.00736. The quantitative estimate of drug-likeness (QED) is 0.841. The number of aryl methyl sites for hydroxylation is 2. The molecule has 2 N–H and O–H groups in total. The van der Waals surface area contributed by atoms with Crippen LogP contribution in [0.3, 0.4) is 0 Å². The fourth-order valence-electron chi connectivity index (χ4n) is 3.17. The van der Waals surface area contributed by atoms with E-state index in [4.69, 9.17) is 4.52 Å². The summed E-state index contributed by atoms with van der Waals surface area (Å²) in [6.07, 6.45) is 6.06. The molecule has 0 bridgehead atoms. The molecule has 2 atom stereocenters. The monoisotopic (exact) mass is 294 g/mol. The lowest BCUT2D eigenvalue weighted by molar-refractivity contribution is -0.121. The topological polar surface area (TPSA) is 75.4 Å². The summed E-state index contributed by atoms with van der Waals surface area (Å²) in [5.74, 6) is 1.01. The van der Waals surface area contributed by atoms with E-state index in [0.717, 1.165) is 55.5 Å². The summed E-state index contributed by atoms with van der Waals surface area (Å²) in [4.78, 5) is 12.3. The predicted octanol–water partition coefficient (Wildman–Crippen LogP) is 2.01. The molecule has 1 amide bonds. The first-order valence-electron chi connectivity index (χ1n) is 8.06. The van der Waals surface area contributed by atoms with Gasteiger partial charge in [0.15, 0.2) is 0 Å². The Morgan fingerprint density at radius 3 is 2.76 bits per heavy atom. The van der Waals surface area contributed by atoms with E-state index in [2.05, 4.69) is 10.5 Å². The molecule has 2 rings (SSSR count). The van der Waals surface area contributed by atoms with Gasteiger partial charge in [0.1, 0.15) is 5.76 Å². The zero-order chi connectivity index (χ0) is 15.2. The van der Waals surface area contributed by atoms with Crippen LogP contribution in [-0.2, 0) is 24.1 Å². The van der Waals surface area contributed by atoms with Gasteiger partial charge in [-0.15, -0.1) is 0 Å². The number of hydrogen-bond acceptors (Lipinski definition) is 4. The number of carbonyl (C=O) groups excluding carboxylic acids is 1. The molecule has 1 aromatic heterocycles. The number of nitrogens with one attached hydrogen (secondary N) is 1. The van der Waals surface area contributed by atoms with Crippen LogP contribution in [0.1, 0.15) is 56.5 Å². The van der Waals surface area contributed by atoms with Crippen LogP contribution >= 0.6 is 0 Å². The Bertz CT molecular complexity index is 449. The minimum atomic E-state index is 0.00736. The molecule has 5 nitrogen and oxygen atoms in total. The number of aromatic nitrogens is 1. The summed E-state index contributed by atoms with van der Waals surface area (Å²) in [5, 5.41) is 16.6. The molecule has 1 aliphatic carbocycles. The molecule has 118 valence electrons. The zero-order valence-electron chi connectivity index (χ0n) is 13.0. The molecule has 0 spiro atoms. The summed E-state index contributed by atoms with van der Waals surface area (Å²) in [6.45, 7) is 4.17. The van der Waals surface area contributed by atoms with Crippen molar-refractivity contribution in [2.45, 2.75) is 64.8 Å². The van der Waals surface area contributed by atoms with E-state index >= 15 is 0 Å². The highest BCUT2D eigenvalue weighted by molar-refractivity contribution is 5.79. The lowest BCUT2D eigenvalue weighted by atomic mass is 9.85. The predicted molar refractivity (Wildman–Crippen MR) is 79.9 cm³/mol. The molecule has 5 heteroatoms. The number of carbonyl (C=O) groups is 1. The fourth-order valence-corrected chi connectivity index (χ4v) is 3.17. The first-order chi connectivity index (χ1) is 10.2. The molecule has 1 heterocycles. The van der Waals surface area contributed by atoms with E-state index in [1.807, 2.05) is 13.8 Å². The van der Waals surface area contributed by atoms with Gasteiger partial charge in [-0.05, 0) is 19.3 Å². The molecular weight excluding hydrogens is 268 g/mol. The van der Waals surface area contributed by atoms with Gasteiger partial charge in [0, 0.05) is 30.6 Å². The van der Waals surface area contributed by atoms with Crippen LogP contribution in [0.5, 0.6) is 0 Å². The van der Waals surface area contributed by atoms with Gasteiger partial charge in [0.25, 0.3) is 0 Å². The highest BCUT2D eigenvalue weighted by atomic mass is 16.5. The summed E-state index contributed by atoms with van der Waals surface area (Å²) >= 11 is 0. The van der Waals surface area contributed by atoms with E-state index in [1.54, 1.807) is 0 Å². The van der Waals surface area contributed by atoms with Crippen LogP contribution < -0.4 is 5.32 Å². The second-order valence-corrected chi connectivity index (χ2v) is 5.82. The first-order valence-corrected chi connectivity index (χ1v) is 8.06. The van der Waals surface area contributed by atoms with Crippen molar-refractivity contribution >= 4 is 5.91 Å². The van der Waals surface area contributed by atoms with Crippen LogP contribution in [0, 0.1) is 5.92 Å². The van der Waals surface area contributed by atoms with Gasteiger partial charge in [0.05, 0.1) is 12.1 Å². The van der Waals surface area contributed by atoms with Crippen molar-refractivity contribution in [3.63, 3.8) is 0 Å². The number of amides is 1. The Morgan fingerprint density at radius 1 is 1.33 bits per heavy atom. The molecule has 1 saturated carbocycles. The van der Waals surface area contributed by atoms with Crippen LogP contribution in [0.2, 0.25) is 0 Å². The Kier molecular flexibility index (Phi) is 5.79. The number of rotatable bonds is 6. The lowest BCUT2D eigenvalue weighted by Crippen LogP contribution is -2.44. The van der Waals surface area contributed by atoms with Crippen LogP contribution in [0.4, 0.5) is 0 Å². The molecule has 2 unspecified atom stereocenters. The van der Waals surface area contributed by atoms with Crippen molar-refractivity contribution < 1.29 is 14.4 Å². The Labute approximate surface area is 126 Å². The molecular formula is C16H26N2O3. The lowest BCUT2D eigenvalue weighted by Gasteiger charge is -2.30. The normalized spacial score (nSPS) is 22.2. The summed E-state index contributed by atoms with van der Waals surface area (Å²) in [7, 11) is 0. The van der Waals surface area contributed by atoms with Crippen molar-refractivity contribution in [2.24, 2.45) is 5.92 Å². The maximum absolute atomic E-state index is 12.3. The van der Waals surface area contributed by atoms with Crippen molar-refractivity contribution in [2.75, 3.05) is 6.61 Å². The highest BCUT2D eigenvalue weighted by Crippen LogP contribution is 2.24. The third-order valence-corrected chi connectivity index (χ3v) is 4.43. The smallest absolute Gasteiger partial charge is 0.224 e. The Hall–Kier alpha value is -1.36. The first kappa shape index (κ1) is 16.0. The van der Waals surface area contributed by atoms with Gasteiger partial charge >= 0.3 is 0 Å². The Morgan fingerprint density at radius 2 is 2.10 bits per heavy atom. The SMILES string of the molecule is CCc1noc(CC)c1CC(=O)NC1CCCCC1CO. The van der Waals surface area contributed by atoms with E-state index in [9.17, 15) is 9.90 Å². The summed E-state index contributed by atoms with van der Waals surface area (Å²) in [6, 6.07) is 0.103. The number of hydrogen-bond donors (Lipinski definition) is 2. The molecule has 1 fully saturated rings. The van der Waals surface area contributed by atoms with Crippen LogP contribution in [-0.4, -0.2) is 28.8 Å². The standard InChI is InChI=1S/C16H26N2O3/c1-3-13-12(15(4-2)21-18-13)9-16(20)17-14-8-6-5-7-11(14)10-19/h11,14,19H,3-10H2,1-2H3,(H,17,20). The Balaban J connectivity index is 1.99. The molecule has 1 aliphatic rings. The summed E-state index contributed by atoms with van der Waals surface area (Å²) < 4.78 is 5.30. The maximum Gasteiger partial charge on any atom is 0.224 e. The molecule has 0 radical (unpaired) electrons. The average Bonchev–Trinajstić information content (AvgIpc) is 2.89. The molecule has 1 aromatic rings. The second kappa shape index (κ2) is 7.59. The maximum atomic E-state index is 12.3. The van der Waals surface area contributed by atoms with Crippen LogP contribution in [0.25, 0.3) is 0 Å². The van der Waals surface area contributed by atoms with E-state index in [-0.39, 0.29) is 24.5 Å². The van der Waals surface area contributed by atoms with Gasteiger partial charge in [0.2, 0.25) is 5.91 Å². The van der Waals surface area contributed by atoms with Crippen LogP contribution in [0.15, 0.2) is 4.52 Å². The average molecular weight is 294 g/mol. The third kappa shape index (κ3) is 3.84. The fraction of sp³-hybridized carbons (Fsp3) is 0.750. The van der Waals surface area contributed by atoms with Gasteiger partial charge in [-0.3, -0.25) is 4.79 Å². The van der Waals surface area contributed by atoms with Crippen molar-refractivity contribution in [3.8, 4) is 0 Å². The molecule has 0 aromatic carbocycles. The van der Waals surface area contributed by atoms with Gasteiger partial charge in [-0.25, -0.2) is 0 Å². The number of aliphatic hydroxyl groups is 1. The van der Waals surface area contributed by atoms with Crippen molar-refractivity contribution in [1.82, 2.24) is 10.5 Å². The van der Waals surface area contributed by atoms with Gasteiger partial charge in [-0.2, -0.15) is 0 Å². The highest BCUT2D eigenvalue weighted by Gasteiger charge is 2.26. The second-order valence-electron chi connectivity index (χ2n) is 5.82. The molecule has 0 aliphatic heterocycles. The zero-order valence-corrected chi connectivity index (χ0v) is 13.0. The summed E-state index contributed by atoms with van der Waals surface area (Å²) in [5.41, 5.74) is 1.82. The minimum Gasteiger partial charge on any atom is -0.396 e. The number of aliphatic hydroxyl groups excluding tert-OH is 1. The van der Waals surface area contributed by atoms with E-state index < -0.39 is 0 Å². The van der Waals surface area contributed by atoms with E-state index in [1.165, 1.54) is 0 Å². The molecule has 21 heavy (non-hydrogen) atoms.